The summed E-state index contributed by atoms with van der Waals surface area (Å²) < 4.78 is 0. The van der Waals surface area contributed by atoms with Crippen molar-refractivity contribution < 1.29 is 4.79 Å². The third-order valence-corrected chi connectivity index (χ3v) is 5.53. The van der Waals surface area contributed by atoms with E-state index in [0.717, 1.165) is 32.2 Å². The number of aryl methyl sites for hydroxylation is 1. The van der Waals surface area contributed by atoms with Gasteiger partial charge in [0.1, 0.15) is 0 Å². The molecule has 128 valence electrons. The van der Waals surface area contributed by atoms with Crippen LogP contribution in [0.1, 0.15) is 62.1 Å². The number of carbonyl (C=O) groups excluding carboxylic acids is 1. The highest BCUT2D eigenvalue weighted by Gasteiger charge is 2.33. The zero-order valence-electron chi connectivity index (χ0n) is 14.0. The molecule has 23 heavy (non-hydrogen) atoms. The van der Waals surface area contributed by atoms with E-state index in [-0.39, 0.29) is 24.5 Å². The van der Waals surface area contributed by atoms with E-state index >= 15 is 0 Å². The van der Waals surface area contributed by atoms with Crippen LogP contribution >= 0.6 is 12.4 Å². The van der Waals surface area contributed by atoms with E-state index in [0.29, 0.717) is 18.2 Å². The van der Waals surface area contributed by atoms with Crippen LogP contribution < -0.4 is 5.73 Å². The van der Waals surface area contributed by atoms with Gasteiger partial charge >= 0.3 is 0 Å². The fourth-order valence-electron chi connectivity index (χ4n) is 4.18. The largest absolute Gasteiger partial charge is 0.336 e. The second-order valence-corrected chi connectivity index (χ2v) is 7.01. The van der Waals surface area contributed by atoms with Gasteiger partial charge in [-0.2, -0.15) is 0 Å². The Labute approximate surface area is 146 Å². The molecular weight excluding hydrogens is 308 g/mol. The number of nitrogens with two attached hydrogens (primary N) is 1. The summed E-state index contributed by atoms with van der Waals surface area (Å²) in [4.78, 5) is 14.9. The third kappa shape index (κ3) is 4.07. The molecule has 3 nitrogen and oxygen atoms in total. The molecule has 1 aliphatic carbocycles. The Morgan fingerprint density at radius 1 is 1.17 bits per heavy atom. The quantitative estimate of drug-likeness (QED) is 0.907. The van der Waals surface area contributed by atoms with Crippen LogP contribution in [0.5, 0.6) is 0 Å². The van der Waals surface area contributed by atoms with E-state index in [2.05, 4.69) is 36.1 Å². The summed E-state index contributed by atoms with van der Waals surface area (Å²) in [7, 11) is 0. The first-order valence-electron chi connectivity index (χ1n) is 8.77. The third-order valence-electron chi connectivity index (χ3n) is 5.53. The van der Waals surface area contributed by atoms with Gasteiger partial charge in [-0.1, -0.05) is 37.1 Å². The lowest BCUT2D eigenvalue weighted by molar-refractivity contribution is -0.133. The normalized spacial score (nSPS) is 27.6. The molecule has 2 aliphatic rings. The van der Waals surface area contributed by atoms with Gasteiger partial charge < -0.3 is 10.6 Å². The lowest BCUT2D eigenvalue weighted by Gasteiger charge is -2.32. The van der Waals surface area contributed by atoms with Crippen molar-refractivity contribution >= 4 is 18.3 Å². The summed E-state index contributed by atoms with van der Waals surface area (Å²) in [6.45, 7) is 3.05. The van der Waals surface area contributed by atoms with Crippen molar-refractivity contribution in [3.05, 3.63) is 35.4 Å². The molecular formula is C19H29ClN2O. The van der Waals surface area contributed by atoms with E-state index in [1.165, 1.54) is 24.0 Å². The smallest absolute Gasteiger partial charge is 0.223 e. The SMILES string of the molecule is Cc1ccccc1C1CCCN1C(=O)CC1CCCCC1N.Cl. The lowest BCUT2D eigenvalue weighted by atomic mass is 9.82. The van der Waals surface area contributed by atoms with Crippen LogP contribution in [-0.2, 0) is 4.79 Å². The van der Waals surface area contributed by atoms with Crippen molar-refractivity contribution in [3.8, 4) is 0 Å². The van der Waals surface area contributed by atoms with Crippen molar-refractivity contribution in [1.82, 2.24) is 4.90 Å². The zero-order chi connectivity index (χ0) is 15.5. The fourth-order valence-corrected chi connectivity index (χ4v) is 4.18. The van der Waals surface area contributed by atoms with Crippen LogP contribution in [0.3, 0.4) is 0 Å². The predicted octanol–water partition coefficient (Wildman–Crippen LogP) is 3.99. The molecule has 1 aliphatic heterocycles. The molecule has 1 aromatic rings. The first kappa shape index (κ1) is 18.3. The fraction of sp³-hybridized carbons (Fsp3) is 0.632. The maximum atomic E-state index is 12.8. The van der Waals surface area contributed by atoms with Crippen LogP contribution in [0.2, 0.25) is 0 Å². The van der Waals surface area contributed by atoms with Crippen LogP contribution in [0, 0.1) is 12.8 Å². The van der Waals surface area contributed by atoms with Gasteiger partial charge in [-0.25, -0.2) is 0 Å². The van der Waals surface area contributed by atoms with Crippen molar-refractivity contribution in [2.24, 2.45) is 11.7 Å². The summed E-state index contributed by atoms with van der Waals surface area (Å²) in [6, 6.07) is 8.97. The average molecular weight is 337 g/mol. The summed E-state index contributed by atoms with van der Waals surface area (Å²) >= 11 is 0. The number of nitrogens with zero attached hydrogens (tertiary/aromatic N) is 1. The number of rotatable bonds is 3. The number of halogens is 1. The van der Waals surface area contributed by atoms with E-state index < -0.39 is 0 Å². The van der Waals surface area contributed by atoms with E-state index in [4.69, 9.17) is 5.73 Å². The van der Waals surface area contributed by atoms with E-state index in [1.54, 1.807) is 0 Å². The van der Waals surface area contributed by atoms with Crippen molar-refractivity contribution in [2.45, 2.75) is 64.0 Å². The van der Waals surface area contributed by atoms with Crippen LogP contribution in [0.4, 0.5) is 0 Å². The first-order chi connectivity index (χ1) is 10.7. The summed E-state index contributed by atoms with van der Waals surface area (Å²) in [5.41, 5.74) is 8.84. The average Bonchev–Trinajstić information content (AvgIpc) is 2.99. The Bertz CT molecular complexity index is 534. The first-order valence-corrected chi connectivity index (χ1v) is 8.77. The molecule has 0 aromatic heterocycles. The highest BCUT2D eigenvalue weighted by atomic mass is 35.5. The van der Waals surface area contributed by atoms with Crippen LogP contribution in [0.25, 0.3) is 0 Å². The standard InChI is InChI=1S/C19H28N2O.ClH/c1-14-7-2-4-9-16(14)18-11-6-12-21(18)19(22)13-15-8-3-5-10-17(15)20;/h2,4,7,9,15,17-18H,3,5-6,8,10-13,20H2,1H3;1H. The molecule has 3 rings (SSSR count). The second-order valence-electron chi connectivity index (χ2n) is 7.01. The van der Waals surface area contributed by atoms with Gasteiger partial charge in [-0.3, -0.25) is 4.79 Å². The molecule has 1 saturated heterocycles. The Hall–Kier alpha value is -1.06. The summed E-state index contributed by atoms with van der Waals surface area (Å²) in [5, 5.41) is 0. The topological polar surface area (TPSA) is 46.3 Å². The Kier molecular flexibility index (Phi) is 6.49. The molecule has 1 heterocycles. The summed E-state index contributed by atoms with van der Waals surface area (Å²) in [6.07, 6.45) is 7.50. The van der Waals surface area contributed by atoms with Crippen LogP contribution in [0.15, 0.2) is 24.3 Å². The molecule has 2 fully saturated rings. The maximum Gasteiger partial charge on any atom is 0.223 e. The van der Waals surface area contributed by atoms with Gasteiger partial charge in [0.2, 0.25) is 5.91 Å². The monoisotopic (exact) mass is 336 g/mol. The van der Waals surface area contributed by atoms with Gasteiger partial charge in [0.05, 0.1) is 6.04 Å². The number of likely N-dealkylation sites (tertiary alicyclic amines) is 1. The van der Waals surface area contributed by atoms with Crippen molar-refractivity contribution in [2.75, 3.05) is 6.54 Å². The molecule has 3 atom stereocenters. The second kappa shape index (κ2) is 8.16. The Balaban J connectivity index is 0.00000192. The molecule has 0 radical (unpaired) electrons. The molecule has 4 heteroatoms. The number of benzene rings is 1. The molecule has 3 unspecified atom stereocenters. The Morgan fingerprint density at radius 2 is 1.91 bits per heavy atom. The molecule has 1 amide bonds. The minimum atomic E-state index is 0. The number of carbonyl (C=O) groups is 1. The molecule has 0 spiro atoms. The van der Waals surface area contributed by atoms with Gasteiger partial charge in [-0.05, 0) is 49.7 Å². The molecule has 2 N–H and O–H groups in total. The highest BCUT2D eigenvalue weighted by molar-refractivity contribution is 5.85. The highest BCUT2D eigenvalue weighted by Crippen LogP contribution is 2.35. The maximum absolute atomic E-state index is 12.8. The van der Waals surface area contributed by atoms with Gasteiger partial charge in [-0.15, -0.1) is 12.4 Å². The molecule has 0 bridgehead atoms. The number of amides is 1. The van der Waals surface area contributed by atoms with Crippen molar-refractivity contribution in [3.63, 3.8) is 0 Å². The Morgan fingerprint density at radius 3 is 2.65 bits per heavy atom. The van der Waals surface area contributed by atoms with Crippen LogP contribution in [-0.4, -0.2) is 23.4 Å². The van der Waals surface area contributed by atoms with Gasteiger partial charge in [0.15, 0.2) is 0 Å². The summed E-state index contributed by atoms with van der Waals surface area (Å²) in [5.74, 6) is 0.701. The van der Waals surface area contributed by atoms with Gasteiger partial charge in [0, 0.05) is 19.0 Å². The minimum Gasteiger partial charge on any atom is -0.336 e. The number of hydrogen-bond donors (Lipinski definition) is 1. The zero-order valence-corrected chi connectivity index (χ0v) is 14.9. The predicted molar refractivity (Wildman–Crippen MR) is 96.7 cm³/mol. The molecule has 1 saturated carbocycles. The van der Waals surface area contributed by atoms with E-state index in [1.807, 2.05) is 0 Å². The van der Waals surface area contributed by atoms with Crippen molar-refractivity contribution in [1.29, 1.82) is 0 Å². The lowest BCUT2D eigenvalue weighted by Crippen LogP contribution is -2.38. The minimum absolute atomic E-state index is 0. The molecule has 1 aromatic carbocycles. The number of hydrogen-bond acceptors (Lipinski definition) is 2. The van der Waals surface area contributed by atoms with Gasteiger partial charge in [0.25, 0.3) is 0 Å². The van der Waals surface area contributed by atoms with E-state index in [9.17, 15) is 4.79 Å².